The largest absolute Gasteiger partial charge is 0.505 e. The Morgan fingerprint density at radius 3 is 2.54 bits per heavy atom. The highest BCUT2D eigenvalue weighted by atomic mass is 35.5. The van der Waals surface area contributed by atoms with Gasteiger partial charge in [0.05, 0.1) is 26.5 Å². The molecule has 2 aromatic carbocycles. The third kappa shape index (κ3) is 3.55. The van der Waals surface area contributed by atoms with Gasteiger partial charge in [0, 0.05) is 11.1 Å². The summed E-state index contributed by atoms with van der Waals surface area (Å²) in [5, 5.41) is 9.21. The first-order valence-electron chi connectivity index (χ1n) is 7.15. The fraction of sp³-hybridized carbons (Fsp3) is 0.0588. The number of carbonyl (C=O) groups is 2. The van der Waals surface area contributed by atoms with E-state index in [2.05, 4.69) is 0 Å². The van der Waals surface area contributed by atoms with Crippen molar-refractivity contribution in [2.24, 2.45) is 0 Å². The van der Waals surface area contributed by atoms with E-state index in [0.717, 1.165) is 4.90 Å². The molecule has 3 rings (SSSR count). The zero-order valence-electron chi connectivity index (χ0n) is 12.8. The second-order valence-corrected chi connectivity index (χ2v) is 7.46. The maximum Gasteiger partial charge on any atom is 0.293 e. The van der Waals surface area contributed by atoms with Gasteiger partial charge in [-0.05, 0) is 30.0 Å². The summed E-state index contributed by atoms with van der Waals surface area (Å²) in [4.78, 5) is 25.7. The van der Waals surface area contributed by atoms with E-state index < -0.39 is 17.0 Å². The lowest BCUT2D eigenvalue weighted by atomic mass is 10.1. The van der Waals surface area contributed by atoms with Crippen molar-refractivity contribution in [2.45, 2.75) is 6.54 Å². The predicted octanol–water partition coefficient (Wildman–Crippen LogP) is 5.73. The number of phenolic OH excluding ortho intramolecular Hbond substituents is 1. The fourth-order valence-electron chi connectivity index (χ4n) is 2.29. The Kier molecular flexibility index (Phi) is 5.48. The van der Waals surface area contributed by atoms with Gasteiger partial charge in [-0.1, -0.05) is 53.0 Å². The van der Waals surface area contributed by atoms with Gasteiger partial charge in [-0.3, -0.25) is 14.5 Å². The number of amides is 2. The van der Waals surface area contributed by atoms with Crippen molar-refractivity contribution < 1.29 is 19.1 Å². The molecule has 9 heteroatoms. The van der Waals surface area contributed by atoms with Crippen molar-refractivity contribution >= 4 is 63.8 Å². The summed E-state index contributed by atoms with van der Waals surface area (Å²) >= 11 is 18.5. The minimum atomic E-state index is -0.607. The summed E-state index contributed by atoms with van der Waals surface area (Å²) < 4.78 is 13.8. The lowest BCUT2D eigenvalue weighted by molar-refractivity contribution is -0.123. The first kappa shape index (κ1) is 19.0. The number of imide groups is 1. The van der Waals surface area contributed by atoms with E-state index in [-0.39, 0.29) is 43.4 Å². The summed E-state index contributed by atoms with van der Waals surface area (Å²) in [6.45, 7) is -0.192. The maximum atomic E-state index is 13.8. The Labute approximate surface area is 167 Å². The minimum Gasteiger partial charge on any atom is -0.505 e. The zero-order valence-corrected chi connectivity index (χ0v) is 15.9. The fourth-order valence-corrected chi connectivity index (χ4v) is 3.98. The van der Waals surface area contributed by atoms with Crippen LogP contribution in [0.2, 0.25) is 15.1 Å². The third-order valence-electron chi connectivity index (χ3n) is 3.62. The molecule has 4 nitrogen and oxygen atoms in total. The molecule has 2 aromatic rings. The molecule has 2 amide bonds. The van der Waals surface area contributed by atoms with Crippen molar-refractivity contribution in [3.63, 3.8) is 0 Å². The van der Waals surface area contributed by atoms with Crippen molar-refractivity contribution in [1.29, 1.82) is 0 Å². The molecule has 0 saturated carbocycles. The smallest absolute Gasteiger partial charge is 0.293 e. The molecule has 0 aromatic heterocycles. The van der Waals surface area contributed by atoms with Crippen LogP contribution in [-0.2, 0) is 11.3 Å². The van der Waals surface area contributed by atoms with Crippen LogP contribution in [0.25, 0.3) is 6.08 Å². The van der Waals surface area contributed by atoms with Crippen LogP contribution >= 0.6 is 46.6 Å². The molecule has 1 N–H and O–H groups in total. The van der Waals surface area contributed by atoms with Gasteiger partial charge in [0.1, 0.15) is 5.82 Å². The van der Waals surface area contributed by atoms with Crippen LogP contribution in [0.1, 0.15) is 11.1 Å². The highest BCUT2D eigenvalue weighted by Gasteiger charge is 2.35. The molecule has 134 valence electrons. The number of thioether (sulfide) groups is 1. The number of benzene rings is 2. The molecule has 0 aliphatic carbocycles. The molecule has 1 aliphatic rings. The van der Waals surface area contributed by atoms with Gasteiger partial charge >= 0.3 is 0 Å². The Hall–Kier alpha value is -1.73. The Bertz CT molecular complexity index is 965. The van der Waals surface area contributed by atoms with E-state index in [9.17, 15) is 19.1 Å². The van der Waals surface area contributed by atoms with Gasteiger partial charge < -0.3 is 5.11 Å². The normalized spacial score (nSPS) is 16.0. The SMILES string of the molecule is O=C1S/C(=C\c2c(Cl)cc(Cl)c(O)c2Cl)C(=O)N1Cc1ccccc1F. The first-order valence-corrected chi connectivity index (χ1v) is 9.10. The standard InChI is InChI=1S/C17H9Cl3FNO3S/c18-10-6-11(19)15(23)14(20)9(10)5-13-16(24)22(17(25)26-13)7-8-3-1-2-4-12(8)21/h1-6,23H,7H2/b13-5-. The minimum absolute atomic E-state index is 0.0372. The Morgan fingerprint density at radius 2 is 1.85 bits per heavy atom. The van der Waals surface area contributed by atoms with Crippen LogP contribution in [0.4, 0.5) is 9.18 Å². The van der Waals surface area contributed by atoms with E-state index in [1.807, 2.05) is 0 Å². The number of aromatic hydroxyl groups is 1. The molecule has 0 radical (unpaired) electrons. The van der Waals surface area contributed by atoms with Gasteiger partial charge in [-0.2, -0.15) is 0 Å². The first-order chi connectivity index (χ1) is 12.3. The van der Waals surface area contributed by atoms with Gasteiger partial charge in [0.2, 0.25) is 0 Å². The Morgan fingerprint density at radius 1 is 1.15 bits per heavy atom. The molecule has 1 saturated heterocycles. The van der Waals surface area contributed by atoms with E-state index in [1.54, 1.807) is 6.07 Å². The zero-order chi connectivity index (χ0) is 19.0. The molecule has 1 fully saturated rings. The summed E-state index contributed by atoms with van der Waals surface area (Å²) in [5.41, 5.74) is 0.378. The van der Waals surface area contributed by atoms with Crippen molar-refractivity contribution in [1.82, 2.24) is 4.90 Å². The van der Waals surface area contributed by atoms with Gasteiger partial charge in [0.15, 0.2) is 5.75 Å². The number of rotatable bonds is 3. The average Bonchev–Trinajstić information content (AvgIpc) is 2.86. The van der Waals surface area contributed by atoms with Crippen LogP contribution in [-0.4, -0.2) is 21.2 Å². The molecule has 0 atom stereocenters. The van der Waals surface area contributed by atoms with Crippen LogP contribution < -0.4 is 0 Å². The van der Waals surface area contributed by atoms with Crippen LogP contribution in [0.15, 0.2) is 35.2 Å². The molecule has 1 aliphatic heterocycles. The van der Waals surface area contributed by atoms with Crippen molar-refractivity contribution in [2.75, 3.05) is 0 Å². The number of phenols is 1. The maximum absolute atomic E-state index is 13.8. The quantitative estimate of drug-likeness (QED) is 0.629. The van der Waals surface area contributed by atoms with E-state index in [1.165, 1.54) is 30.3 Å². The van der Waals surface area contributed by atoms with E-state index >= 15 is 0 Å². The number of nitrogens with zero attached hydrogens (tertiary/aromatic N) is 1. The van der Waals surface area contributed by atoms with Crippen molar-refractivity contribution in [3.8, 4) is 5.75 Å². The summed E-state index contributed by atoms with van der Waals surface area (Å²) in [6, 6.07) is 7.15. The number of hydrogen-bond acceptors (Lipinski definition) is 4. The van der Waals surface area contributed by atoms with E-state index in [4.69, 9.17) is 34.8 Å². The lowest BCUT2D eigenvalue weighted by Crippen LogP contribution is -2.27. The van der Waals surface area contributed by atoms with Gasteiger partial charge in [-0.15, -0.1) is 0 Å². The van der Waals surface area contributed by atoms with Crippen molar-refractivity contribution in [3.05, 3.63) is 67.2 Å². The molecule has 1 heterocycles. The van der Waals surface area contributed by atoms with Crippen LogP contribution in [0.3, 0.4) is 0 Å². The third-order valence-corrected chi connectivity index (χ3v) is 5.51. The lowest BCUT2D eigenvalue weighted by Gasteiger charge is -2.13. The molecular weight excluding hydrogens is 424 g/mol. The second kappa shape index (κ2) is 7.48. The summed E-state index contributed by atoms with van der Waals surface area (Å²) in [6.07, 6.45) is 1.30. The number of carbonyl (C=O) groups excluding carboxylic acids is 2. The highest BCUT2D eigenvalue weighted by molar-refractivity contribution is 8.18. The van der Waals surface area contributed by atoms with Gasteiger partial charge in [-0.25, -0.2) is 4.39 Å². The summed E-state index contributed by atoms with van der Waals surface area (Å²) in [5.74, 6) is -1.50. The Balaban J connectivity index is 1.94. The topological polar surface area (TPSA) is 57.6 Å². The second-order valence-electron chi connectivity index (χ2n) is 5.28. The summed E-state index contributed by atoms with van der Waals surface area (Å²) in [7, 11) is 0. The predicted molar refractivity (Wildman–Crippen MR) is 101 cm³/mol. The average molecular weight is 433 g/mol. The number of halogens is 4. The number of hydrogen-bond donors (Lipinski definition) is 1. The van der Waals surface area contributed by atoms with Crippen LogP contribution in [0, 0.1) is 5.82 Å². The molecule has 0 bridgehead atoms. The van der Waals surface area contributed by atoms with E-state index in [0.29, 0.717) is 11.8 Å². The molecular formula is C17H9Cl3FNO3S. The molecule has 26 heavy (non-hydrogen) atoms. The monoisotopic (exact) mass is 431 g/mol. The molecule has 0 unspecified atom stereocenters. The van der Waals surface area contributed by atoms with Crippen LogP contribution in [0.5, 0.6) is 5.75 Å². The highest BCUT2D eigenvalue weighted by Crippen LogP contribution is 2.42. The van der Waals surface area contributed by atoms with Gasteiger partial charge in [0.25, 0.3) is 11.1 Å². The molecule has 0 spiro atoms.